The van der Waals surface area contributed by atoms with Crippen molar-refractivity contribution < 1.29 is 9.90 Å². The molecule has 1 N–H and O–H groups in total. The van der Waals surface area contributed by atoms with Crippen LogP contribution in [0.25, 0.3) is 27.7 Å². The minimum absolute atomic E-state index is 0.0484. The highest BCUT2D eigenvalue weighted by Gasteiger charge is 2.13. The fraction of sp³-hybridized carbons (Fsp3) is 0.241. The quantitative estimate of drug-likeness (QED) is 0.368. The number of para-hydroxylation sites is 1. The molecule has 0 unspecified atom stereocenters. The Balaban J connectivity index is 1.45. The van der Waals surface area contributed by atoms with Crippen LogP contribution in [0, 0.1) is 6.92 Å². The van der Waals surface area contributed by atoms with Gasteiger partial charge in [-0.05, 0) is 66.5 Å². The Bertz CT molecular complexity index is 1330. The number of allylic oxidation sites excluding steroid dienone is 2. The third kappa shape index (κ3) is 4.47. The van der Waals surface area contributed by atoms with Crippen molar-refractivity contribution in [3.05, 3.63) is 95.3 Å². The van der Waals surface area contributed by atoms with E-state index < -0.39 is 5.97 Å². The molecule has 4 heteroatoms. The maximum Gasteiger partial charge on any atom is 0.307 e. The van der Waals surface area contributed by atoms with Crippen molar-refractivity contribution in [2.75, 3.05) is 0 Å². The molecular formula is C29H28N2O2. The monoisotopic (exact) mass is 436 g/mol. The zero-order valence-electron chi connectivity index (χ0n) is 18.9. The van der Waals surface area contributed by atoms with Crippen molar-refractivity contribution in [1.82, 2.24) is 9.55 Å². The van der Waals surface area contributed by atoms with Crippen LogP contribution in [0.3, 0.4) is 0 Å². The third-order valence-corrected chi connectivity index (χ3v) is 6.55. The highest BCUT2D eigenvalue weighted by molar-refractivity contribution is 5.92. The predicted octanol–water partition coefficient (Wildman–Crippen LogP) is 6.64. The molecule has 5 rings (SSSR count). The molecular weight excluding hydrogens is 408 g/mol. The van der Waals surface area contributed by atoms with Gasteiger partial charge < -0.3 is 9.67 Å². The summed E-state index contributed by atoms with van der Waals surface area (Å²) in [7, 11) is 0. The molecule has 33 heavy (non-hydrogen) atoms. The third-order valence-electron chi connectivity index (χ3n) is 6.55. The minimum Gasteiger partial charge on any atom is -0.481 e. The summed E-state index contributed by atoms with van der Waals surface area (Å²) in [6.07, 6.45) is 7.39. The molecule has 0 fully saturated rings. The summed E-state index contributed by atoms with van der Waals surface area (Å²) < 4.78 is 2.23. The summed E-state index contributed by atoms with van der Waals surface area (Å²) in [4.78, 5) is 15.9. The lowest BCUT2D eigenvalue weighted by molar-refractivity contribution is -0.136. The van der Waals surface area contributed by atoms with Crippen LogP contribution in [-0.4, -0.2) is 20.6 Å². The van der Waals surface area contributed by atoms with Gasteiger partial charge in [0.05, 0.1) is 17.5 Å². The highest BCUT2D eigenvalue weighted by Crippen LogP contribution is 2.32. The van der Waals surface area contributed by atoms with Gasteiger partial charge in [0.15, 0.2) is 0 Å². The average molecular weight is 437 g/mol. The Morgan fingerprint density at radius 1 is 0.939 bits per heavy atom. The summed E-state index contributed by atoms with van der Waals surface area (Å²) in [5, 5.41) is 8.98. The molecule has 4 nitrogen and oxygen atoms in total. The van der Waals surface area contributed by atoms with E-state index in [0.29, 0.717) is 6.54 Å². The summed E-state index contributed by atoms with van der Waals surface area (Å²) in [5.41, 5.74) is 9.20. The second-order valence-corrected chi connectivity index (χ2v) is 8.86. The average Bonchev–Trinajstić information content (AvgIpc) is 3.16. The van der Waals surface area contributed by atoms with E-state index in [4.69, 9.17) is 10.1 Å². The minimum atomic E-state index is -0.810. The number of nitrogens with zero attached hydrogens (tertiary/aromatic N) is 2. The van der Waals surface area contributed by atoms with Crippen molar-refractivity contribution in [2.45, 2.75) is 45.6 Å². The van der Waals surface area contributed by atoms with E-state index >= 15 is 0 Å². The molecule has 1 heterocycles. The first kappa shape index (κ1) is 21.2. The zero-order chi connectivity index (χ0) is 22.8. The van der Waals surface area contributed by atoms with Crippen molar-refractivity contribution in [1.29, 1.82) is 0 Å². The van der Waals surface area contributed by atoms with Crippen LogP contribution >= 0.6 is 0 Å². The van der Waals surface area contributed by atoms with E-state index in [1.807, 2.05) is 31.2 Å². The van der Waals surface area contributed by atoms with Crippen LogP contribution in [0.4, 0.5) is 0 Å². The topological polar surface area (TPSA) is 55.1 Å². The van der Waals surface area contributed by atoms with E-state index in [-0.39, 0.29) is 6.42 Å². The number of imidazole rings is 1. The zero-order valence-corrected chi connectivity index (χ0v) is 18.9. The SMILES string of the molecule is Cc1nc2c(-c3ccc(C4=CCCCC4)cc3)cccc2n1Cc1ccc(CC(=O)O)cc1. The highest BCUT2D eigenvalue weighted by atomic mass is 16.4. The lowest BCUT2D eigenvalue weighted by atomic mass is 9.92. The first-order chi connectivity index (χ1) is 16.1. The van der Waals surface area contributed by atoms with Gasteiger partial charge in [0.25, 0.3) is 0 Å². The normalized spacial score (nSPS) is 13.8. The van der Waals surface area contributed by atoms with Gasteiger partial charge in [-0.2, -0.15) is 0 Å². The van der Waals surface area contributed by atoms with Gasteiger partial charge in [0, 0.05) is 12.1 Å². The molecule has 1 aromatic heterocycles. The van der Waals surface area contributed by atoms with Crippen LogP contribution in [0.5, 0.6) is 0 Å². The molecule has 0 aliphatic heterocycles. The maximum atomic E-state index is 10.9. The van der Waals surface area contributed by atoms with Gasteiger partial charge in [-0.25, -0.2) is 4.98 Å². The number of rotatable bonds is 6. The molecule has 0 bridgehead atoms. The van der Waals surface area contributed by atoms with Gasteiger partial charge in [-0.15, -0.1) is 0 Å². The van der Waals surface area contributed by atoms with Crippen molar-refractivity contribution in [3.63, 3.8) is 0 Å². The van der Waals surface area contributed by atoms with E-state index in [2.05, 4.69) is 53.1 Å². The molecule has 0 radical (unpaired) electrons. The van der Waals surface area contributed by atoms with E-state index in [9.17, 15) is 4.79 Å². The second-order valence-electron chi connectivity index (χ2n) is 8.86. The summed E-state index contributed by atoms with van der Waals surface area (Å²) in [5.74, 6) is 0.159. The number of benzene rings is 3. The molecule has 0 atom stereocenters. The molecule has 166 valence electrons. The number of aromatic nitrogens is 2. The van der Waals surface area contributed by atoms with Crippen LogP contribution in [0.2, 0.25) is 0 Å². The molecule has 0 amide bonds. The van der Waals surface area contributed by atoms with Crippen LogP contribution in [0.1, 0.15) is 48.2 Å². The number of carbonyl (C=O) groups is 1. The number of carboxylic acid groups (broad SMARTS) is 1. The Labute approximate surface area is 194 Å². The number of aliphatic carboxylic acids is 1. The van der Waals surface area contributed by atoms with Gasteiger partial charge in [0.2, 0.25) is 0 Å². The van der Waals surface area contributed by atoms with Gasteiger partial charge in [0.1, 0.15) is 5.82 Å². The fourth-order valence-electron chi connectivity index (χ4n) is 4.78. The summed E-state index contributed by atoms with van der Waals surface area (Å²) >= 11 is 0. The molecule has 0 spiro atoms. The van der Waals surface area contributed by atoms with Crippen molar-refractivity contribution >= 4 is 22.6 Å². The Morgan fingerprint density at radius 3 is 2.36 bits per heavy atom. The number of carboxylic acids is 1. The first-order valence-electron chi connectivity index (χ1n) is 11.6. The Kier molecular flexibility index (Phi) is 5.82. The Morgan fingerprint density at radius 2 is 1.67 bits per heavy atom. The summed E-state index contributed by atoms with van der Waals surface area (Å²) in [6.45, 7) is 2.74. The molecule has 0 saturated carbocycles. The number of fused-ring (bicyclic) bond motifs is 1. The maximum absolute atomic E-state index is 10.9. The lowest BCUT2D eigenvalue weighted by Gasteiger charge is -2.13. The molecule has 1 aliphatic rings. The molecule has 0 saturated heterocycles. The number of aryl methyl sites for hydroxylation is 1. The van der Waals surface area contributed by atoms with E-state index in [0.717, 1.165) is 33.5 Å². The first-order valence-corrected chi connectivity index (χ1v) is 11.6. The smallest absolute Gasteiger partial charge is 0.307 e. The second kappa shape index (κ2) is 9.07. The number of hydrogen-bond donors (Lipinski definition) is 1. The number of hydrogen-bond acceptors (Lipinski definition) is 2. The van der Waals surface area contributed by atoms with E-state index in [1.54, 1.807) is 0 Å². The molecule has 3 aromatic carbocycles. The largest absolute Gasteiger partial charge is 0.481 e. The van der Waals surface area contributed by atoms with Crippen molar-refractivity contribution in [3.8, 4) is 11.1 Å². The van der Waals surface area contributed by atoms with Gasteiger partial charge in [-0.1, -0.05) is 66.7 Å². The fourth-order valence-corrected chi connectivity index (χ4v) is 4.78. The van der Waals surface area contributed by atoms with Gasteiger partial charge >= 0.3 is 5.97 Å². The summed E-state index contributed by atoms with van der Waals surface area (Å²) in [6, 6.07) is 23.1. The van der Waals surface area contributed by atoms with Crippen LogP contribution < -0.4 is 0 Å². The van der Waals surface area contributed by atoms with E-state index in [1.165, 1.54) is 42.4 Å². The molecule has 1 aliphatic carbocycles. The predicted molar refractivity (Wildman–Crippen MR) is 133 cm³/mol. The van der Waals surface area contributed by atoms with Gasteiger partial charge in [-0.3, -0.25) is 4.79 Å². The standard InChI is InChI=1S/C29H28N2O2/c1-20-30-29-26(25-16-14-24(15-17-25)23-6-3-2-4-7-23)8-5-9-27(29)31(20)19-22-12-10-21(11-13-22)18-28(32)33/h5-6,8-17H,2-4,7,18-19H2,1H3,(H,32,33). The van der Waals surface area contributed by atoms with Crippen LogP contribution in [-0.2, 0) is 17.8 Å². The molecule has 4 aromatic rings. The van der Waals surface area contributed by atoms with Crippen molar-refractivity contribution in [2.24, 2.45) is 0 Å². The Hall–Kier alpha value is -3.66. The lowest BCUT2D eigenvalue weighted by Crippen LogP contribution is -2.03. The van der Waals surface area contributed by atoms with Crippen LogP contribution in [0.15, 0.2) is 72.8 Å².